The van der Waals surface area contributed by atoms with Gasteiger partial charge in [-0.1, -0.05) is 0 Å². The van der Waals surface area contributed by atoms with Crippen LogP contribution in [0.5, 0.6) is 0 Å². The fourth-order valence-corrected chi connectivity index (χ4v) is 1.21. The van der Waals surface area contributed by atoms with Gasteiger partial charge in [0.2, 0.25) is 0 Å². The minimum absolute atomic E-state index is 0.527. The molecular weight excluding hydrogens is 148 g/mol. The highest BCUT2D eigenvalue weighted by Gasteiger charge is 2.37. The van der Waals surface area contributed by atoms with E-state index in [1.54, 1.807) is 7.05 Å². The molecule has 0 radical (unpaired) electrons. The molecule has 0 atom stereocenters. The second kappa shape index (κ2) is 2.36. The molecule has 4 heteroatoms. The molecule has 0 unspecified atom stereocenters. The molecule has 0 aromatic rings. The zero-order chi connectivity index (χ0) is 7.78. The van der Waals surface area contributed by atoms with Crippen molar-refractivity contribution < 1.29 is 5.11 Å². The molecule has 0 saturated carbocycles. The number of hydrogen-bond acceptors (Lipinski definition) is 2. The van der Waals surface area contributed by atoms with Crippen molar-refractivity contribution in [3.05, 3.63) is 0 Å². The molecule has 1 fully saturated rings. The summed E-state index contributed by atoms with van der Waals surface area (Å²) < 4.78 is 0. The molecule has 3 nitrogen and oxygen atoms in total. The Morgan fingerprint density at radius 2 is 2.20 bits per heavy atom. The molecule has 1 heterocycles. The molecule has 0 aliphatic carbocycles. The molecule has 0 bridgehead atoms. The Balaban J connectivity index is 2.33. The van der Waals surface area contributed by atoms with Crippen molar-refractivity contribution in [3.63, 3.8) is 0 Å². The van der Waals surface area contributed by atoms with Gasteiger partial charge in [-0.25, -0.2) is 0 Å². The second-order valence-corrected chi connectivity index (χ2v) is 3.29. The van der Waals surface area contributed by atoms with E-state index in [1.165, 1.54) is 0 Å². The molecule has 0 aromatic heterocycles. The molecule has 1 aliphatic heterocycles. The second-order valence-electron chi connectivity index (χ2n) is 2.91. The van der Waals surface area contributed by atoms with E-state index in [-0.39, 0.29) is 0 Å². The fourth-order valence-electron chi connectivity index (χ4n) is 1.08. The third kappa shape index (κ3) is 1.38. The summed E-state index contributed by atoms with van der Waals surface area (Å²) in [5, 5.41) is 12.9. The Morgan fingerprint density at radius 1 is 1.70 bits per heavy atom. The van der Waals surface area contributed by atoms with Crippen LogP contribution in [0.3, 0.4) is 0 Å². The van der Waals surface area contributed by atoms with Crippen molar-refractivity contribution in [2.75, 3.05) is 20.1 Å². The minimum Gasteiger partial charge on any atom is -0.386 e. The van der Waals surface area contributed by atoms with Crippen LogP contribution in [0.2, 0.25) is 0 Å². The smallest absolute Gasteiger partial charge is 0.168 e. The van der Waals surface area contributed by atoms with Gasteiger partial charge in [-0.15, -0.1) is 0 Å². The van der Waals surface area contributed by atoms with Crippen molar-refractivity contribution >= 4 is 17.3 Å². The predicted octanol–water partition coefficient (Wildman–Crippen LogP) is -0.443. The summed E-state index contributed by atoms with van der Waals surface area (Å²) in [5.41, 5.74) is -0.527. The zero-order valence-electron chi connectivity index (χ0n) is 6.22. The van der Waals surface area contributed by atoms with Crippen LogP contribution in [0.25, 0.3) is 0 Å². The average Bonchev–Trinajstić information content (AvgIpc) is 1.81. The Hall–Kier alpha value is -0.350. The third-order valence-corrected chi connectivity index (χ3v) is 2.03. The van der Waals surface area contributed by atoms with Gasteiger partial charge in [-0.3, -0.25) is 0 Å². The molecule has 0 aromatic carbocycles. The van der Waals surface area contributed by atoms with Crippen molar-refractivity contribution in [1.82, 2.24) is 10.2 Å². The van der Waals surface area contributed by atoms with Crippen LogP contribution in [0.15, 0.2) is 0 Å². The van der Waals surface area contributed by atoms with Gasteiger partial charge in [0.25, 0.3) is 0 Å². The highest BCUT2D eigenvalue weighted by Crippen LogP contribution is 2.18. The summed E-state index contributed by atoms with van der Waals surface area (Å²) in [6.07, 6.45) is 0. The van der Waals surface area contributed by atoms with E-state index < -0.39 is 5.60 Å². The lowest BCUT2D eigenvalue weighted by Crippen LogP contribution is -2.63. The van der Waals surface area contributed by atoms with Crippen LogP contribution >= 0.6 is 12.2 Å². The maximum atomic E-state index is 9.30. The lowest BCUT2D eigenvalue weighted by atomic mass is 9.98. The van der Waals surface area contributed by atoms with Crippen LogP contribution in [0.1, 0.15) is 6.92 Å². The normalized spacial score (nSPS) is 21.7. The highest BCUT2D eigenvalue weighted by molar-refractivity contribution is 7.80. The maximum absolute atomic E-state index is 9.30. The van der Waals surface area contributed by atoms with Crippen molar-refractivity contribution in [2.45, 2.75) is 12.5 Å². The largest absolute Gasteiger partial charge is 0.386 e. The third-order valence-electron chi connectivity index (χ3n) is 1.56. The molecule has 1 rings (SSSR count). The Morgan fingerprint density at radius 3 is 2.50 bits per heavy atom. The first-order chi connectivity index (χ1) is 4.55. The molecule has 10 heavy (non-hydrogen) atoms. The molecule has 0 amide bonds. The predicted molar refractivity (Wildman–Crippen MR) is 43.9 cm³/mol. The monoisotopic (exact) mass is 160 g/mol. The molecule has 2 N–H and O–H groups in total. The first kappa shape index (κ1) is 7.75. The van der Waals surface area contributed by atoms with Crippen LogP contribution in [0.4, 0.5) is 0 Å². The van der Waals surface area contributed by atoms with Crippen LogP contribution in [0, 0.1) is 0 Å². The van der Waals surface area contributed by atoms with Gasteiger partial charge in [0.05, 0.1) is 18.7 Å². The van der Waals surface area contributed by atoms with Crippen LogP contribution in [-0.4, -0.2) is 40.9 Å². The van der Waals surface area contributed by atoms with E-state index in [0.717, 1.165) is 0 Å². The molecule has 58 valence electrons. The topological polar surface area (TPSA) is 35.5 Å². The number of rotatable bonds is 0. The lowest BCUT2D eigenvalue weighted by molar-refractivity contribution is -0.0497. The number of hydrogen-bond donors (Lipinski definition) is 2. The first-order valence-electron chi connectivity index (χ1n) is 3.24. The highest BCUT2D eigenvalue weighted by atomic mass is 32.1. The van der Waals surface area contributed by atoms with Gasteiger partial charge < -0.3 is 15.3 Å². The quantitative estimate of drug-likeness (QED) is 0.471. The van der Waals surface area contributed by atoms with Crippen LogP contribution in [-0.2, 0) is 0 Å². The molecule has 1 aliphatic rings. The van der Waals surface area contributed by atoms with E-state index in [0.29, 0.717) is 18.2 Å². The van der Waals surface area contributed by atoms with Gasteiger partial charge in [-0.05, 0) is 19.1 Å². The van der Waals surface area contributed by atoms with Gasteiger partial charge in [0, 0.05) is 7.05 Å². The summed E-state index contributed by atoms with van der Waals surface area (Å²) in [7, 11) is 1.79. The van der Waals surface area contributed by atoms with Crippen molar-refractivity contribution in [1.29, 1.82) is 0 Å². The van der Waals surface area contributed by atoms with Gasteiger partial charge >= 0.3 is 0 Å². The Labute approximate surface area is 66.0 Å². The SMILES string of the molecule is CNC(=S)N1CC(C)(O)C1. The summed E-state index contributed by atoms with van der Waals surface area (Å²) in [6.45, 7) is 3.10. The number of β-amino-alcohol motifs (C(OH)–C–C–N with tert-alkyl or cyclic N) is 1. The number of likely N-dealkylation sites (tertiary alicyclic amines) is 1. The Kier molecular flexibility index (Phi) is 1.83. The molecule has 0 spiro atoms. The first-order valence-corrected chi connectivity index (χ1v) is 3.65. The summed E-state index contributed by atoms with van der Waals surface area (Å²) in [4.78, 5) is 1.93. The van der Waals surface area contributed by atoms with Gasteiger partial charge in [0.1, 0.15) is 0 Å². The average molecular weight is 160 g/mol. The van der Waals surface area contributed by atoms with E-state index >= 15 is 0 Å². The van der Waals surface area contributed by atoms with Gasteiger partial charge in [-0.2, -0.15) is 0 Å². The van der Waals surface area contributed by atoms with Crippen molar-refractivity contribution in [2.24, 2.45) is 0 Å². The molecule has 1 saturated heterocycles. The maximum Gasteiger partial charge on any atom is 0.168 e. The summed E-state index contributed by atoms with van der Waals surface area (Å²) in [5.74, 6) is 0. The van der Waals surface area contributed by atoms with Gasteiger partial charge in [0.15, 0.2) is 5.11 Å². The van der Waals surface area contributed by atoms with E-state index in [1.807, 2.05) is 11.8 Å². The fraction of sp³-hybridized carbons (Fsp3) is 0.833. The van der Waals surface area contributed by atoms with E-state index in [4.69, 9.17) is 12.2 Å². The number of aliphatic hydroxyl groups is 1. The lowest BCUT2D eigenvalue weighted by Gasteiger charge is -2.45. The van der Waals surface area contributed by atoms with Crippen molar-refractivity contribution in [3.8, 4) is 0 Å². The number of nitrogens with one attached hydrogen (secondary N) is 1. The van der Waals surface area contributed by atoms with E-state index in [9.17, 15) is 5.11 Å². The van der Waals surface area contributed by atoms with E-state index in [2.05, 4.69) is 5.32 Å². The summed E-state index contributed by atoms with van der Waals surface area (Å²) in [6, 6.07) is 0. The zero-order valence-corrected chi connectivity index (χ0v) is 7.03. The summed E-state index contributed by atoms with van der Waals surface area (Å²) >= 11 is 4.93. The number of nitrogens with zero attached hydrogens (tertiary/aromatic N) is 1. The number of thiocarbonyl (C=S) groups is 1. The minimum atomic E-state index is -0.527. The van der Waals surface area contributed by atoms with Crippen LogP contribution < -0.4 is 5.32 Å². The Bertz CT molecular complexity index is 150. The standard InChI is InChI=1S/C6H12N2OS/c1-6(9)3-8(4-6)5(10)7-2/h9H,3-4H2,1-2H3,(H,7,10). The molecular formula is C6H12N2OS.